The highest BCUT2D eigenvalue weighted by Crippen LogP contribution is 2.14. The van der Waals surface area contributed by atoms with Crippen LogP contribution in [0.3, 0.4) is 0 Å². The number of sulfonamides is 1. The van der Waals surface area contributed by atoms with Crippen molar-refractivity contribution in [1.29, 1.82) is 0 Å². The van der Waals surface area contributed by atoms with Gasteiger partial charge in [-0.1, -0.05) is 0 Å². The van der Waals surface area contributed by atoms with Crippen LogP contribution >= 0.6 is 0 Å². The summed E-state index contributed by atoms with van der Waals surface area (Å²) < 4.78 is 28.4. The predicted octanol–water partition coefficient (Wildman–Crippen LogP) is 1.32. The molecule has 0 spiro atoms. The maximum Gasteiger partial charge on any atom is 0.242 e. The van der Waals surface area contributed by atoms with Gasteiger partial charge in [-0.3, -0.25) is 14.6 Å². The van der Waals surface area contributed by atoms with E-state index in [1.807, 2.05) is 24.4 Å². The molecule has 3 rings (SSSR count). The van der Waals surface area contributed by atoms with E-state index in [-0.39, 0.29) is 11.4 Å². The molecule has 7 nitrogen and oxygen atoms in total. The molecule has 3 heterocycles. The van der Waals surface area contributed by atoms with Crippen LogP contribution in [0.2, 0.25) is 0 Å². The first-order valence-corrected chi connectivity index (χ1v) is 8.47. The van der Waals surface area contributed by atoms with Crippen molar-refractivity contribution in [3.8, 4) is 11.3 Å². The maximum atomic E-state index is 12.1. The Morgan fingerprint density at radius 3 is 2.61 bits per heavy atom. The number of nitrogens with zero attached hydrogens (tertiary/aromatic N) is 4. The SMILES string of the molecule is O=S(=O)(NCCn1ccc(-c2ccncc2)n1)c1cccnc1. The lowest BCUT2D eigenvalue weighted by Gasteiger charge is -2.06. The van der Waals surface area contributed by atoms with Gasteiger partial charge in [-0.25, -0.2) is 13.1 Å². The fraction of sp³-hybridized carbons (Fsp3) is 0.133. The summed E-state index contributed by atoms with van der Waals surface area (Å²) in [5.41, 5.74) is 1.79. The zero-order valence-corrected chi connectivity index (χ0v) is 13.0. The number of rotatable bonds is 6. The average Bonchev–Trinajstić information content (AvgIpc) is 3.05. The summed E-state index contributed by atoms with van der Waals surface area (Å²) in [5.74, 6) is 0. The summed E-state index contributed by atoms with van der Waals surface area (Å²) >= 11 is 0. The highest BCUT2D eigenvalue weighted by molar-refractivity contribution is 7.89. The smallest absolute Gasteiger partial charge is 0.242 e. The summed E-state index contributed by atoms with van der Waals surface area (Å²) in [6.45, 7) is 0.680. The van der Waals surface area contributed by atoms with Crippen LogP contribution in [0.5, 0.6) is 0 Å². The van der Waals surface area contributed by atoms with E-state index in [1.54, 1.807) is 23.1 Å². The molecular formula is C15H15N5O2S. The Bertz CT molecular complexity index is 863. The van der Waals surface area contributed by atoms with Gasteiger partial charge < -0.3 is 0 Å². The molecule has 0 amide bonds. The van der Waals surface area contributed by atoms with Gasteiger partial charge in [-0.05, 0) is 30.3 Å². The van der Waals surface area contributed by atoms with Crippen LogP contribution in [0.25, 0.3) is 11.3 Å². The van der Waals surface area contributed by atoms with Crippen molar-refractivity contribution in [2.24, 2.45) is 0 Å². The zero-order chi connectivity index (χ0) is 16.1. The first-order valence-electron chi connectivity index (χ1n) is 6.99. The molecule has 0 bridgehead atoms. The van der Waals surface area contributed by atoms with Gasteiger partial charge in [-0.15, -0.1) is 0 Å². The van der Waals surface area contributed by atoms with Crippen LogP contribution in [0.1, 0.15) is 0 Å². The maximum absolute atomic E-state index is 12.1. The minimum atomic E-state index is -3.54. The van der Waals surface area contributed by atoms with Crippen molar-refractivity contribution in [1.82, 2.24) is 24.5 Å². The zero-order valence-electron chi connectivity index (χ0n) is 12.2. The van der Waals surface area contributed by atoms with Gasteiger partial charge in [0.1, 0.15) is 4.90 Å². The van der Waals surface area contributed by atoms with Gasteiger partial charge >= 0.3 is 0 Å². The Morgan fingerprint density at radius 1 is 1.04 bits per heavy atom. The minimum Gasteiger partial charge on any atom is -0.271 e. The van der Waals surface area contributed by atoms with Crippen LogP contribution in [-0.2, 0) is 16.6 Å². The predicted molar refractivity (Wildman–Crippen MR) is 84.9 cm³/mol. The molecule has 23 heavy (non-hydrogen) atoms. The molecule has 3 aromatic heterocycles. The Hall–Kier alpha value is -2.58. The Balaban J connectivity index is 1.61. The molecular weight excluding hydrogens is 314 g/mol. The van der Waals surface area contributed by atoms with Crippen molar-refractivity contribution in [2.75, 3.05) is 6.54 Å². The third-order valence-electron chi connectivity index (χ3n) is 3.19. The first-order chi connectivity index (χ1) is 11.1. The van der Waals surface area contributed by atoms with Crippen LogP contribution in [0.15, 0.2) is 66.2 Å². The van der Waals surface area contributed by atoms with Crippen molar-refractivity contribution < 1.29 is 8.42 Å². The van der Waals surface area contributed by atoms with Crippen LogP contribution in [0.4, 0.5) is 0 Å². The lowest BCUT2D eigenvalue weighted by atomic mass is 10.2. The number of hydrogen-bond acceptors (Lipinski definition) is 5. The van der Waals surface area contributed by atoms with E-state index in [4.69, 9.17) is 0 Å². The largest absolute Gasteiger partial charge is 0.271 e. The summed E-state index contributed by atoms with van der Waals surface area (Å²) in [7, 11) is -3.54. The van der Waals surface area contributed by atoms with Gasteiger partial charge in [0, 0.05) is 43.1 Å². The fourth-order valence-electron chi connectivity index (χ4n) is 2.05. The molecule has 0 aliphatic heterocycles. The molecule has 0 fully saturated rings. The van der Waals surface area contributed by atoms with E-state index >= 15 is 0 Å². The quantitative estimate of drug-likeness (QED) is 0.736. The second-order valence-corrected chi connectivity index (χ2v) is 6.55. The number of nitrogens with one attached hydrogen (secondary N) is 1. The Morgan fingerprint density at radius 2 is 1.87 bits per heavy atom. The average molecular weight is 329 g/mol. The van der Waals surface area contributed by atoms with Crippen LogP contribution < -0.4 is 4.72 Å². The second-order valence-electron chi connectivity index (χ2n) is 4.79. The Labute approximate surface area is 134 Å². The summed E-state index contributed by atoms with van der Waals surface area (Å²) in [4.78, 5) is 7.93. The van der Waals surface area contributed by atoms with Crippen LogP contribution in [-0.4, -0.2) is 34.7 Å². The number of aromatic nitrogens is 4. The van der Waals surface area contributed by atoms with E-state index in [1.165, 1.54) is 18.5 Å². The molecule has 0 aliphatic rings. The molecule has 1 N–H and O–H groups in total. The van der Waals surface area contributed by atoms with E-state index in [0.717, 1.165) is 11.3 Å². The van der Waals surface area contributed by atoms with Crippen LogP contribution in [0, 0.1) is 0 Å². The molecule has 0 unspecified atom stereocenters. The topological polar surface area (TPSA) is 89.8 Å². The Kier molecular flexibility index (Phi) is 4.45. The summed E-state index contributed by atoms with van der Waals surface area (Å²) in [6, 6.07) is 8.72. The molecule has 0 aliphatic carbocycles. The summed E-state index contributed by atoms with van der Waals surface area (Å²) in [5, 5.41) is 4.41. The number of hydrogen-bond donors (Lipinski definition) is 1. The molecule has 0 aromatic carbocycles. The monoisotopic (exact) mass is 329 g/mol. The van der Waals surface area contributed by atoms with Crippen molar-refractivity contribution in [3.63, 3.8) is 0 Å². The lowest BCUT2D eigenvalue weighted by Crippen LogP contribution is -2.27. The standard InChI is InChI=1S/C15H15N5O2S/c21-23(22,14-2-1-6-17-12-14)18-9-11-20-10-5-15(19-20)13-3-7-16-8-4-13/h1-8,10,12,18H,9,11H2. The van der Waals surface area contributed by atoms with E-state index in [9.17, 15) is 8.42 Å². The van der Waals surface area contributed by atoms with E-state index in [0.29, 0.717) is 6.54 Å². The molecule has 0 atom stereocenters. The minimum absolute atomic E-state index is 0.151. The lowest BCUT2D eigenvalue weighted by molar-refractivity contribution is 0.561. The third-order valence-corrected chi connectivity index (χ3v) is 4.64. The third kappa shape index (κ3) is 3.79. The highest BCUT2D eigenvalue weighted by Gasteiger charge is 2.13. The van der Waals surface area contributed by atoms with E-state index in [2.05, 4.69) is 19.8 Å². The molecule has 0 radical (unpaired) electrons. The molecule has 0 saturated carbocycles. The van der Waals surface area contributed by atoms with Crippen molar-refractivity contribution in [3.05, 3.63) is 61.3 Å². The van der Waals surface area contributed by atoms with Gasteiger partial charge in [0.15, 0.2) is 0 Å². The molecule has 118 valence electrons. The van der Waals surface area contributed by atoms with Gasteiger partial charge in [0.2, 0.25) is 10.0 Å². The normalized spacial score (nSPS) is 11.5. The van der Waals surface area contributed by atoms with Gasteiger partial charge in [-0.2, -0.15) is 5.10 Å². The molecule has 0 saturated heterocycles. The summed E-state index contributed by atoms with van der Waals surface area (Å²) in [6.07, 6.45) is 8.07. The molecule has 8 heteroatoms. The second kappa shape index (κ2) is 6.67. The van der Waals surface area contributed by atoms with Gasteiger partial charge in [0.05, 0.1) is 12.2 Å². The first kappa shape index (κ1) is 15.3. The highest BCUT2D eigenvalue weighted by atomic mass is 32.2. The van der Waals surface area contributed by atoms with E-state index < -0.39 is 10.0 Å². The number of pyridine rings is 2. The fourth-order valence-corrected chi connectivity index (χ4v) is 3.03. The molecule has 3 aromatic rings. The van der Waals surface area contributed by atoms with Gasteiger partial charge in [0.25, 0.3) is 0 Å². The van der Waals surface area contributed by atoms with Crippen molar-refractivity contribution >= 4 is 10.0 Å². The van der Waals surface area contributed by atoms with Crippen molar-refractivity contribution in [2.45, 2.75) is 11.4 Å².